The fourth-order valence-electron chi connectivity index (χ4n) is 3.38. The van der Waals surface area contributed by atoms with E-state index in [9.17, 15) is 9.59 Å². The van der Waals surface area contributed by atoms with Gasteiger partial charge in [-0.3, -0.25) is 9.59 Å². The first-order valence-corrected chi connectivity index (χ1v) is 11.3. The quantitative estimate of drug-likeness (QED) is 0.179. The molecule has 0 spiro atoms. The molecular formula is C25H26BrN3O4. The third kappa shape index (κ3) is 5.39. The molecule has 0 N–H and O–H groups in total. The first-order valence-electron chi connectivity index (χ1n) is 10.6. The molecule has 172 valence electrons. The van der Waals surface area contributed by atoms with E-state index < -0.39 is 5.97 Å². The molecule has 33 heavy (non-hydrogen) atoms. The average Bonchev–Trinajstić information content (AvgIpc) is 2.79. The third-order valence-corrected chi connectivity index (χ3v) is 5.69. The number of benzene rings is 2. The van der Waals surface area contributed by atoms with Crippen molar-refractivity contribution in [3.05, 3.63) is 74.8 Å². The second-order valence-corrected chi connectivity index (χ2v) is 8.52. The standard InChI is InChI=1S/C25H26BrN3O4/c1-6-8-18-11-17(12-22(32-5)23(18)33-16(4)30)14-27-29-24(15(3)7-2)28-21-10-9-19(26)13-20(21)25(29)31/h6,9-15H,1,7-8H2,2-5H3/t15-/m0/s1. The lowest BCUT2D eigenvalue weighted by molar-refractivity contribution is -0.132. The van der Waals surface area contributed by atoms with E-state index in [-0.39, 0.29) is 11.5 Å². The molecule has 1 heterocycles. The maximum absolute atomic E-state index is 13.3. The largest absolute Gasteiger partial charge is 0.493 e. The molecule has 0 aliphatic carbocycles. The van der Waals surface area contributed by atoms with Crippen molar-refractivity contribution in [1.29, 1.82) is 0 Å². The minimum atomic E-state index is -0.446. The van der Waals surface area contributed by atoms with E-state index in [0.29, 0.717) is 40.2 Å². The highest BCUT2D eigenvalue weighted by Gasteiger charge is 2.17. The first kappa shape index (κ1) is 24.4. The summed E-state index contributed by atoms with van der Waals surface area (Å²) < 4.78 is 12.9. The molecule has 3 rings (SSSR count). The number of esters is 1. The van der Waals surface area contributed by atoms with Crippen molar-refractivity contribution in [2.75, 3.05) is 7.11 Å². The number of hydrogen-bond donors (Lipinski definition) is 0. The van der Waals surface area contributed by atoms with Gasteiger partial charge in [0.05, 0.1) is 24.2 Å². The minimum absolute atomic E-state index is 0.0279. The molecule has 3 aromatic rings. The van der Waals surface area contributed by atoms with Gasteiger partial charge in [0, 0.05) is 22.9 Å². The van der Waals surface area contributed by atoms with Crippen molar-refractivity contribution in [1.82, 2.24) is 9.66 Å². The summed E-state index contributed by atoms with van der Waals surface area (Å²) in [4.78, 5) is 29.6. The van der Waals surface area contributed by atoms with Crippen molar-refractivity contribution >= 4 is 39.0 Å². The number of halogens is 1. The number of aromatic nitrogens is 2. The van der Waals surface area contributed by atoms with Crippen LogP contribution in [0, 0.1) is 0 Å². The molecular weight excluding hydrogens is 486 g/mol. The number of methoxy groups -OCH3 is 1. The van der Waals surface area contributed by atoms with Gasteiger partial charge in [-0.15, -0.1) is 6.58 Å². The highest BCUT2D eigenvalue weighted by molar-refractivity contribution is 9.10. The van der Waals surface area contributed by atoms with Crippen molar-refractivity contribution in [3.63, 3.8) is 0 Å². The van der Waals surface area contributed by atoms with Crippen LogP contribution in [0.5, 0.6) is 11.5 Å². The number of allylic oxidation sites excluding steroid dienone is 1. The zero-order valence-corrected chi connectivity index (χ0v) is 20.7. The predicted molar refractivity (Wildman–Crippen MR) is 134 cm³/mol. The second kappa shape index (κ2) is 10.6. The molecule has 8 heteroatoms. The average molecular weight is 512 g/mol. The van der Waals surface area contributed by atoms with Crippen LogP contribution >= 0.6 is 15.9 Å². The Kier molecular flexibility index (Phi) is 7.81. The minimum Gasteiger partial charge on any atom is -0.493 e. The SMILES string of the molecule is C=CCc1cc(C=Nn2c([C@@H](C)CC)nc3ccc(Br)cc3c2=O)cc(OC)c1OC(C)=O. The molecule has 0 amide bonds. The number of fused-ring (bicyclic) bond motifs is 1. The monoisotopic (exact) mass is 511 g/mol. The normalized spacial score (nSPS) is 12.2. The summed E-state index contributed by atoms with van der Waals surface area (Å²) in [7, 11) is 1.50. The first-order chi connectivity index (χ1) is 15.8. The highest BCUT2D eigenvalue weighted by Crippen LogP contribution is 2.33. The van der Waals surface area contributed by atoms with E-state index in [4.69, 9.17) is 14.5 Å². The molecule has 7 nitrogen and oxygen atoms in total. The molecule has 0 aliphatic rings. The van der Waals surface area contributed by atoms with Gasteiger partial charge >= 0.3 is 5.97 Å². The molecule has 0 aliphatic heterocycles. The van der Waals surface area contributed by atoms with Crippen LogP contribution in [0.3, 0.4) is 0 Å². The van der Waals surface area contributed by atoms with Gasteiger partial charge in [-0.1, -0.05) is 35.9 Å². The van der Waals surface area contributed by atoms with Crippen LogP contribution in [-0.4, -0.2) is 29.0 Å². The Balaban J connectivity index is 2.17. The van der Waals surface area contributed by atoms with Gasteiger partial charge in [-0.05, 0) is 48.7 Å². The van der Waals surface area contributed by atoms with Crippen molar-refractivity contribution in [2.24, 2.45) is 5.10 Å². The van der Waals surface area contributed by atoms with E-state index in [1.807, 2.05) is 32.0 Å². The van der Waals surface area contributed by atoms with Gasteiger partial charge in [0.2, 0.25) is 0 Å². The lowest BCUT2D eigenvalue weighted by Crippen LogP contribution is -2.23. The topological polar surface area (TPSA) is 82.8 Å². The number of rotatable bonds is 8. The molecule has 1 atom stereocenters. The summed E-state index contributed by atoms with van der Waals surface area (Å²) in [5, 5.41) is 4.98. The molecule has 0 saturated heterocycles. The molecule has 0 saturated carbocycles. The summed E-state index contributed by atoms with van der Waals surface area (Å²) in [5.74, 6) is 0.902. The van der Waals surface area contributed by atoms with Crippen LogP contribution in [0.25, 0.3) is 10.9 Å². The van der Waals surface area contributed by atoms with Gasteiger partial charge in [0.25, 0.3) is 5.56 Å². The summed E-state index contributed by atoms with van der Waals surface area (Å²) in [6.07, 6.45) is 4.55. The number of hydrogen-bond acceptors (Lipinski definition) is 6. The van der Waals surface area contributed by atoms with Crippen LogP contribution < -0.4 is 15.0 Å². The van der Waals surface area contributed by atoms with Crippen LogP contribution in [0.15, 0.2) is 57.4 Å². The maximum Gasteiger partial charge on any atom is 0.308 e. The molecule has 0 radical (unpaired) electrons. The van der Waals surface area contributed by atoms with E-state index >= 15 is 0 Å². The number of nitrogens with zero attached hydrogens (tertiary/aromatic N) is 3. The van der Waals surface area contributed by atoms with Gasteiger partial charge in [-0.2, -0.15) is 9.78 Å². The summed E-state index contributed by atoms with van der Waals surface area (Å²) in [6, 6.07) is 8.95. The van der Waals surface area contributed by atoms with Crippen LogP contribution in [-0.2, 0) is 11.2 Å². The van der Waals surface area contributed by atoms with Gasteiger partial charge in [0.1, 0.15) is 5.82 Å². The lowest BCUT2D eigenvalue weighted by Gasteiger charge is -2.15. The van der Waals surface area contributed by atoms with Gasteiger partial charge < -0.3 is 9.47 Å². The highest BCUT2D eigenvalue weighted by atomic mass is 79.9. The van der Waals surface area contributed by atoms with E-state index in [1.165, 1.54) is 18.7 Å². The van der Waals surface area contributed by atoms with Crippen molar-refractivity contribution in [2.45, 2.75) is 39.5 Å². The van der Waals surface area contributed by atoms with Crippen LogP contribution in [0.2, 0.25) is 0 Å². The smallest absolute Gasteiger partial charge is 0.308 e. The predicted octanol–water partition coefficient (Wildman–Crippen LogP) is 5.22. The maximum atomic E-state index is 13.3. The van der Waals surface area contributed by atoms with E-state index in [1.54, 1.807) is 24.4 Å². The Morgan fingerprint density at radius 1 is 1.33 bits per heavy atom. The van der Waals surface area contributed by atoms with E-state index in [2.05, 4.69) is 27.6 Å². The zero-order valence-electron chi connectivity index (χ0n) is 19.1. The molecule has 0 unspecified atom stereocenters. The third-order valence-electron chi connectivity index (χ3n) is 5.19. The van der Waals surface area contributed by atoms with Gasteiger partial charge in [-0.25, -0.2) is 4.98 Å². The fraction of sp³-hybridized carbons (Fsp3) is 0.280. The Morgan fingerprint density at radius 2 is 2.09 bits per heavy atom. The second-order valence-electron chi connectivity index (χ2n) is 7.60. The van der Waals surface area contributed by atoms with Gasteiger partial charge in [0.15, 0.2) is 11.5 Å². The van der Waals surface area contributed by atoms with Crippen molar-refractivity contribution in [3.8, 4) is 11.5 Å². The summed E-state index contributed by atoms with van der Waals surface area (Å²) in [5.41, 5.74) is 1.78. The summed E-state index contributed by atoms with van der Waals surface area (Å²) in [6.45, 7) is 9.15. The fourth-order valence-corrected chi connectivity index (χ4v) is 3.74. The Morgan fingerprint density at radius 3 is 2.73 bits per heavy atom. The lowest BCUT2D eigenvalue weighted by atomic mass is 10.1. The van der Waals surface area contributed by atoms with Crippen LogP contribution in [0.1, 0.15) is 50.1 Å². The molecule has 0 fully saturated rings. The Labute approximate surface area is 200 Å². The number of ether oxygens (including phenoxy) is 2. The molecule has 1 aromatic heterocycles. The number of carbonyl (C=O) groups is 1. The van der Waals surface area contributed by atoms with Crippen molar-refractivity contribution < 1.29 is 14.3 Å². The number of carbonyl (C=O) groups excluding carboxylic acids is 1. The molecule has 0 bridgehead atoms. The van der Waals surface area contributed by atoms with E-state index in [0.717, 1.165) is 16.5 Å². The summed E-state index contributed by atoms with van der Waals surface area (Å²) >= 11 is 3.42. The Hall–Kier alpha value is -3.26. The molecule has 2 aromatic carbocycles. The Bertz CT molecular complexity index is 1300. The van der Waals surface area contributed by atoms with Crippen LogP contribution in [0.4, 0.5) is 0 Å². The zero-order chi connectivity index (χ0) is 24.1.